The van der Waals surface area contributed by atoms with E-state index in [4.69, 9.17) is 9.84 Å². The van der Waals surface area contributed by atoms with Crippen molar-refractivity contribution in [1.29, 1.82) is 0 Å². The van der Waals surface area contributed by atoms with Crippen LogP contribution in [-0.4, -0.2) is 60.1 Å². The first-order valence-corrected chi connectivity index (χ1v) is 11.0. The summed E-state index contributed by atoms with van der Waals surface area (Å²) in [5.74, 6) is -1.98. The van der Waals surface area contributed by atoms with Crippen LogP contribution in [0, 0.1) is 0 Å². The molecular formula is C25H31N3O5. The zero-order valence-corrected chi connectivity index (χ0v) is 19.5. The second-order valence-corrected chi connectivity index (χ2v) is 9.12. The molecule has 0 bridgehead atoms. The van der Waals surface area contributed by atoms with Gasteiger partial charge in [0.1, 0.15) is 5.75 Å². The molecule has 0 radical (unpaired) electrons. The Bertz CT molecular complexity index is 1010. The minimum Gasteiger partial charge on any atom is -0.479 e. The summed E-state index contributed by atoms with van der Waals surface area (Å²) in [7, 11) is 0. The third kappa shape index (κ3) is 6.03. The number of para-hydroxylation sites is 1. The number of hydrogen-bond donors (Lipinski definition) is 2. The molecule has 2 aromatic carbocycles. The number of piperazine rings is 1. The highest BCUT2D eigenvalue weighted by atomic mass is 16.5. The fourth-order valence-electron chi connectivity index (χ4n) is 3.73. The highest BCUT2D eigenvalue weighted by Crippen LogP contribution is 2.32. The predicted molar refractivity (Wildman–Crippen MR) is 127 cm³/mol. The number of nitrogens with one attached hydrogen (secondary N) is 1. The first-order valence-electron chi connectivity index (χ1n) is 11.0. The van der Waals surface area contributed by atoms with Gasteiger partial charge in [0.15, 0.2) is 6.10 Å². The first kappa shape index (κ1) is 24.1. The summed E-state index contributed by atoms with van der Waals surface area (Å²) in [6.07, 6.45) is -0.985. The minimum atomic E-state index is -1.07. The molecule has 33 heavy (non-hydrogen) atoms. The van der Waals surface area contributed by atoms with Crippen LogP contribution >= 0.6 is 0 Å². The number of hydrogen-bond acceptors (Lipinski definition) is 5. The smallest absolute Gasteiger partial charge is 0.344 e. The van der Waals surface area contributed by atoms with Crippen molar-refractivity contribution in [2.24, 2.45) is 0 Å². The lowest BCUT2D eigenvalue weighted by Gasteiger charge is -2.38. The highest BCUT2D eigenvalue weighted by molar-refractivity contribution is 6.39. The molecular weight excluding hydrogens is 422 g/mol. The van der Waals surface area contributed by atoms with Gasteiger partial charge < -0.3 is 25.0 Å². The summed E-state index contributed by atoms with van der Waals surface area (Å²) < 4.78 is 5.26. The SMILES string of the molecule is CC(Oc1ccc(NC(=O)C(=O)N2CCN(c3ccccc3C(C)(C)C)CC2)cc1)C(=O)O. The van der Waals surface area contributed by atoms with Gasteiger partial charge in [-0.15, -0.1) is 0 Å². The van der Waals surface area contributed by atoms with Gasteiger partial charge in [-0.3, -0.25) is 9.59 Å². The number of carboxylic acids is 1. The van der Waals surface area contributed by atoms with E-state index in [-0.39, 0.29) is 5.41 Å². The van der Waals surface area contributed by atoms with Gasteiger partial charge in [-0.25, -0.2) is 4.79 Å². The van der Waals surface area contributed by atoms with Gasteiger partial charge in [0.2, 0.25) is 0 Å². The number of carboxylic acid groups (broad SMARTS) is 1. The van der Waals surface area contributed by atoms with Crippen LogP contribution in [0.25, 0.3) is 0 Å². The van der Waals surface area contributed by atoms with Crippen LogP contribution in [0.1, 0.15) is 33.3 Å². The number of anilines is 2. The van der Waals surface area contributed by atoms with Crippen LogP contribution in [0.5, 0.6) is 5.75 Å². The second kappa shape index (κ2) is 9.94. The van der Waals surface area contributed by atoms with E-state index in [1.165, 1.54) is 18.2 Å². The third-order valence-corrected chi connectivity index (χ3v) is 5.59. The zero-order chi connectivity index (χ0) is 24.2. The average molecular weight is 454 g/mol. The van der Waals surface area contributed by atoms with E-state index in [2.05, 4.69) is 43.1 Å². The maximum atomic E-state index is 12.7. The van der Waals surface area contributed by atoms with Gasteiger partial charge in [0, 0.05) is 37.6 Å². The summed E-state index contributed by atoms with van der Waals surface area (Å²) in [6.45, 7) is 10.2. The van der Waals surface area contributed by atoms with E-state index in [1.54, 1.807) is 29.2 Å². The maximum absolute atomic E-state index is 12.7. The van der Waals surface area contributed by atoms with Crippen molar-refractivity contribution in [1.82, 2.24) is 4.90 Å². The molecule has 1 fully saturated rings. The number of rotatable bonds is 5. The minimum absolute atomic E-state index is 0.00961. The molecule has 8 heteroatoms. The number of carbonyl (C=O) groups excluding carboxylic acids is 2. The Balaban J connectivity index is 1.56. The van der Waals surface area contributed by atoms with E-state index in [1.807, 2.05) is 12.1 Å². The van der Waals surface area contributed by atoms with Crippen LogP contribution in [0.4, 0.5) is 11.4 Å². The summed E-state index contributed by atoms with van der Waals surface area (Å²) in [4.78, 5) is 39.8. The quantitative estimate of drug-likeness (QED) is 0.675. The second-order valence-electron chi connectivity index (χ2n) is 9.12. The van der Waals surface area contributed by atoms with E-state index < -0.39 is 23.9 Å². The normalized spacial score (nSPS) is 15.0. The topological polar surface area (TPSA) is 99.2 Å². The Hall–Kier alpha value is -3.55. The lowest BCUT2D eigenvalue weighted by molar-refractivity contribution is -0.144. The van der Waals surface area contributed by atoms with Crippen LogP contribution in [-0.2, 0) is 19.8 Å². The molecule has 1 aliphatic heterocycles. The molecule has 0 saturated carbocycles. The molecule has 2 amide bonds. The predicted octanol–water partition coefficient (Wildman–Crippen LogP) is 3.12. The van der Waals surface area contributed by atoms with Crippen LogP contribution < -0.4 is 15.0 Å². The van der Waals surface area contributed by atoms with Crippen molar-refractivity contribution in [2.45, 2.75) is 39.2 Å². The molecule has 0 spiro atoms. The Morgan fingerprint density at radius 2 is 1.58 bits per heavy atom. The van der Waals surface area contributed by atoms with Crippen molar-refractivity contribution in [3.63, 3.8) is 0 Å². The fourth-order valence-corrected chi connectivity index (χ4v) is 3.73. The molecule has 2 N–H and O–H groups in total. The molecule has 1 unspecified atom stereocenters. The largest absolute Gasteiger partial charge is 0.479 e. The molecule has 2 aromatic rings. The van der Waals surface area contributed by atoms with Gasteiger partial charge in [-0.2, -0.15) is 0 Å². The zero-order valence-electron chi connectivity index (χ0n) is 19.5. The molecule has 1 aliphatic rings. The number of aliphatic carboxylic acids is 1. The Morgan fingerprint density at radius 1 is 0.970 bits per heavy atom. The van der Waals surface area contributed by atoms with E-state index >= 15 is 0 Å². The standard InChI is InChI=1S/C25H31N3O5/c1-17(24(31)32)33-19-11-9-18(10-12-19)26-22(29)23(30)28-15-13-27(14-16-28)21-8-6-5-7-20(21)25(2,3)4/h5-12,17H,13-16H2,1-4H3,(H,26,29)(H,31,32). The molecule has 1 atom stereocenters. The number of carbonyl (C=O) groups is 3. The lowest BCUT2D eigenvalue weighted by Crippen LogP contribution is -2.52. The molecule has 8 nitrogen and oxygen atoms in total. The van der Waals surface area contributed by atoms with E-state index in [9.17, 15) is 14.4 Å². The Kier molecular flexibility index (Phi) is 7.26. The number of nitrogens with zero attached hydrogens (tertiary/aromatic N) is 2. The van der Waals surface area contributed by atoms with Crippen molar-refractivity contribution >= 4 is 29.2 Å². The van der Waals surface area contributed by atoms with Gasteiger partial charge in [0.05, 0.1) is 0 Å². The summed E-state index contributed by atoms with van der Waals surface area (Å²) in [6, 6.07) is 14.5. The van der Waals surface area contributed by atoms with Gasteiger partial charge >= 0.3 is 17.8 Å². The van der Waals surface area contributed by atoms with Gasteiger partial charge in [-0.05, 0) is 48.2 Å². The Labute approximate surface area is 194 Å². The van der Waals surface area contributed by atoms with Crippen LogP contribution in [0.15, 0.2) is 48.5 Å². The van der Waals surface area contributed by atoms with Crippen LogP contribution in [0.3, 0.4) is 0 Å². The molecule has 176 valence electrons. The Morgan fingerprint density at radius 3 is 2.15 bits per heavy atom. The maximum Gasteiger partial charge on any atom is 0.344 e. The highest BCUT2D eigenvalue weighted by Gasteiger charge is 2.28. The summed E-state index contributed by atoms with van der Waals surface area (Å²) >= 11 is 0. The van der Waals surface area contributed by atoms with Gasteiger partial charge in [-0.1, -0.05) is 39.0 Å². The molecule has 1 saturated heterocycles. The fraction of sp³-hybridized carbons (Fsp3) is 0.400. The van der Waals surface area contributed by atoms with E-state index in [0.29, 0.717) is 37.6 Å². The molecule has 0 aromatic heterocycles. The molecule has 0 aliphatic carbocycles. The number of benzene rings is 2. The van der Waals surface area contributed by atoms with Gasteiger partial charge in [0.25, 0.3) is 0 Å². The number of amides is 2. The first-order chi connectivity index (χ1) is 15.6. The van der Waals surface area contributed by atoms with Crippen LogP contribution in [0.2, 0.25) is 0 Å². The van der Waals surface area contributed by atoms with Crippen molar-refractivity contribution in [3.8, 4) is 5.75 Å². The van der Waals surface area contributed by atoms with Crippen molar-refractivity contribution < 1.29 is 24.2 Å². The molecule has 1 heterocycles. The van der Waals surface area contributed by atoms with Crippen molar-refractivity contribution in [3.05, 3.63) is 54.1 Å². The number of ether oxygens (including phenoxy) is 1. The van der Waals surface area contributed by atoms with Crippen molar-refractivity contribution in [2.75, 3.05) is 36.4 Å². The average Bonchev–Trinajstić information content (AvgIpc) is 2.79. The summed E-state index contributed by atoms with van der Waals surface area (Å²) in [5.41, 5.74) is 2.87. The third-order valence-electron chi connectivity index (χ3n) is 5.59. The monoisotopic (exact) mass is 453 g/mol. The summed E-state index contributed by atoms with van der Waals surface area (Å²) in [5, 5.41) is 11.5. The van der Waals surface area contributed by atoms with E-state index in [0.717, 1.165) is 0 Å². The molecule has 3 rings (SSSR count). The lowest BCUT2D eigenvalue weighted by atomic mass is 9.85.